The number of hydrogen-bond donors (Lipinski definition) is 4. The molecule has 2 aromatic carbocycles. The number of anilines is 3. The summed E-state index contributed by atoms with van der Waals surface area (Å²) in [7, 11) is 0. The van der Waals surface area contributed by atoms with E-state index in [2.05, 4.69) is 37.1 Å². The Balaban J connectivity index is 1.43. The van der Waals surface area contributed by atoms with Gasteiger partial charge in [0.2, 0.25) is 5.91 Å². The van der Waals surface area contributed by atoms with Gasteiger partial charge >= 0.3 is 0 Å². The zero-order valence-electron chi connectivity index (χ0n) is 21.2. The highest BCUT2D eigenvalue weighted by atomic mass is 35.5. The van der Waals surface area contributed by atoms with Gasteiger partial charge in [0.25, 0.3) is 0 Å². The molecule has 202 valence electrons. The molecule has 0 saturated carbocycles. The maximum Gasteiger partial charge on any atom is 0.247 e. The maximum atomic E-state index is 12.0. The second kappa shape index (κ2) is 12.3. The van der Waals surface area contributed by atoms with E-state index in [1.165, 1.54) is 12.4 Å². The number of carbonyl (C=O) groups is 1. The van der Waals surface area contributed by atoms with E-state index in [0.717, 1.165) is 22.2 Å². The van der Waals surface area contributed by atoms with E-state index >= 15 is 0 Å². The Kier molecular flexibility index (Phi) is 8.19. The minimum atomic E-state index is -0.389. The number of H-pyrrole nitrogens is 1. The quantitative estimate of drug-likeness (QED) is 0.157. The number of halogens is 1. The van der Waals surface area contributed by atoms with Crippen molar-refractivity contribution in [3.8, 4) is 22.6 Å². The molecule has 5 rings (SSSR count). The minimum Gasteiger partial charge on any atom is -0.489 e. The molecule has 0 unspecified atom stereocenters. The predicted octanol–water partition coefficient (Wildman–Crippen LogP) is 5.49. The summed E-state index contributed by atoms with van der Waals surface area (Å²) in [4.78, 5) is 28.3. The average molecular weight is 557 g/mol. The summed E-state index contributed by atoms with van der Waals surface area (Å²) in [6, 6.07) is 16.4. The number of nitrogens with one attached hydrogen (secondary N) is 3. The van der Waals surface area contributed by atoms with E-state index in [1.807, 2.05) is 36.5 Å². The number of aromatic amines is 1. The largest absolute Gasteiger partial charge is 0.489 e. The number of aromatic nitrogens is 4. The summed E-state index contributed by atoms with van der Waals surface area (Å²) < 4.78 is 11.4. The molecule has 5 aromatic rings. The van der Waals surface area contributed by atoms with Crippen LogP contribution in [0.1, 0.15) is 5.69 Å². The Labute approximate surface area is 234 Å². The molecule has 10 nitrogen and oxygen atoms in total. The summed E-state index contributed by atoms with van der Waals surface area (Å²) in [6.07, 6.45) is 6.15. The molecule has 0 aliphatic heterocycles. The third-order valence-electron chi connectivity index (χ3n) is 5.85. The lowest BCUT2D eigenvalue weighted by atomic mass is 10.0. The monoisotopic (exact) mass is 556 g/mol. The van der Waals surface area contributed by atoms with Gasteiger partial charge in [-0.1, -0.05) is 30.3 Å². The molecule has 3 heterocycles. The van der Waals surface area contributed by atoms with Crippen LogP contribution < -0.4 is 20.1 Å². The topological polar surface area (TPSA) is 134 Å². The number of pyridine rings is 1. The lowest BCUT2D eigenvalue weighted by Gasteiger charge is -2.14. The molecular weight excluding hydrogens is 532 g/mol. The number of rotatable bonds is 11. The minimum absolute atomic E-state index is 0.0842. The third kappa shape index (κ3) is 6.04. The van der Waals surface area contributed by atoms with Crippen molar-refractivity contribution >= 4 is 45.7 Å². The molecule has 4 N–H and O–H groups in total. The first-order valence-corrected chi connectivity index (χ1v) is 12.7. The van der Waals surface area contributed by atoms with Gasteiger partial charge in [-0.2, -0.15) is 0 Å². The number of hydrogen-bond acceptors (Lipinski definition) is 8. The molecule has 1 amide bonds. The van der Waals surface area contributed by atoms with Crippen LogP contribution in [0.25, 0.3) is 22.2 Å². The van der Waals surface area contributed by atoms with Crippen molar-refractivity contribution in [1.82, 2.24) is 19.9 Å². The predicted molar refractivity (Wildman–Crippen MR) is 154 cm³/mol. The number of ether oxygens (including phenoxy) is 2. The van der Waals surface area contributed by atoms with Crippen molar-refractivity contribution in [2.24, 2.45) is 0 Å². The van der Waals surface area contributed by atoms with Crippen LogP contribution in [0.15, 0.2) is 86.0 Å². The standard InChI is InChI=1S/C29H25ClN6O4/c1-2-26(38)36-23-13-18(6-8-25(23)39-12-11-37)21-15-32-28-27(21)29(34-17-33-28)35-19-7-9-24(22(30)14-19)40-16-20-5-3-4-10-31-20/h2-10,13-15,17,37H,1,11-12,16H2,(H,36,38)(H2,32,33,34,35). The van der Waals surface area contributed by atoms with Crippen molar-refractivity contribution in [2.45, 2.75) is 6.61 Å². The van der Waals surface area contributed by atoms with E-state index < -0.39 is 0 Å². The van der Waals surface area contributed by atoms with Crippen LogP contribution >= 0.6 is 11.6 Å². The van der Waals surface area contributed by atoms with Crippen molar-refractivity contribution in [3.05, 3.63) is 96.7 Å². The Morgan fingerprint density at radius 3 is 2.73 bits per heavy atom. The van der Waals surface area contributed by atoms with E-state index in [4.69, 9.17) is 26.2 Å². The van der Waals surface area contributed by atoms with Crippen LogP contribution in [0.5, 0.6) is 11.5 Å². The first-order valence-electron chi connectivity index (χ1n) is 12.3. The Morgan fingerprint density at radius 1 is 1.07 bits per heavy atom. The SMILES string of the molecule is C=CC(=O)Nc1cc(-c2c[nH]c3ncnc(Nc4ccc(OCc5ccccn5)c(Cl)c4)c23)ccc1OCCO. The fraction of sp³-hybridized carbons (Fsp3) is 0.103. The number of amides is 1. The number of carbonyl (C=O) groups excluding carboxylic acids is 1. The highest BCUT2D eigenvalue weighted by Gasteiger charge is 2.16. The summed E-state index contributed by atoms with van der Waals surface area (Å²) in [5.41, 5.74) is 4.12. The molecule has 11 heteroatoms. The number of nitrogens with zero attached hydrogens (tertiary/aromatic N) is 3. The van der Waals surface area contributed by atoms with Gasteiger partial charge in [0.1, 0.15) is 42.5 Å². The smallest absolute Gasteiger partial charge is 0.247 e. The van der Waals surface area contributed by atoms with Gasteiger partial charge in [-0.15, -0.1) is 0 Å². The van der Waals surface area contributed by atoms with Gasteiger partial charge < -0.3 is 30.2 Å². The molecule has 0 bridgehead atoms. The van der Waals surface area contributed by atoms with Crippen LogP contribution in [-0.2, 0) is 11.4 Å². The number of fused-ring (bicyclic) bond motifs is 1. The fourth-order valence-electron chi connectivity index (χ4n) is 4.01. The molecule has 3 aromatic heterocycles. The molecule has 0 aliphatic carbocycles. The highest BCUT2D eigenvalue weighted by molar-refractivity contribution is 6.32. The molecule has 0 spiro atoms. The van der Waals surface area contributed by atoms with E-state index in [-0.39, 0.29) is 19.1 Å². The van der Waals surface area contributed by atoms with Gasteiger partial charge in [0.15, 0.2) is 0 Å². The maximum absolute atomic E-state index is 12.0. The van der Waals surface area contributed by atoms with Gasteiger partial charge in [-0.25, -0.2) is 9.97 Å². The van der Waals surface area contributed by atoms with Crippen LogP contribution in [0.2, 0.25) is 5.02 Å². The van der Waals surface area contributed by atoms with Crippen LogP contribution in [0, 0.1) is 0 Å². The lowest BCUT2D eigenvalue weighted by Crippen LogP contribution is -2.10. The van der Waals surface area contributed by atoms with Crippen molar-refractivity contribution in [1.29, 1.82) is 0 Å². The average Bonchev–Trinajstić information content (AvgIpc) is 3.42. The molecule has 0 saturated heterocycles. The highest BCUT2D eigenvalue weighted by Crippen LogP contribution is 2.38. The Bertz CT molecular complexity index is 1660. The lowest BCUT2D eigenvalue weighted by molar-refractivity contribution is -0.111. The van der Waals surface area contributed by atoms with E-state index in [0.29, 0.717) is 46.0 Å². The molecule has 0 fully saturated rings. The van der Waals surface area contributed by atoms with E-state index in [1.54, 1.807) is 30.5 Å². The Morgan fingerprint density at radius 2 is 1.95 bits per heavy atom. The molecule has 0 radical (unpaired) electrons. The number of aliphatic hydroxyl groups excluding tert-OH is 1. The van der Waals surface area contributed by atoms with Gasteiger partial charge in [0.05, 0.1) is 28.4 Å². The number of benzene rings is 2. The van der Waals surface area contributed by atoms with Crippen LogP contribution in [0.3, 0.4) is 0 Å². The molecule has 0 atom stereocenters. The molecule has 40 heavy (non-hydrogen) atoms. The first-order chi connectivity index (χ1) is 19.6. The van der Waals surface area contributed by atoms with Crippen LogP contribution in [0.4, 0.5) is 17.2 Å². The third-order valence-corrected chi connectivity index (χ3v) is 6.14. The normalized spacial score (nSPS) is 10.8. The molecular formula is C29H25ClN6O4. The van der Waals surface area contributed by atoms with Gasteiger partial charge in [-0.3, -0.25) is 9.78 Å². The van der Waals surface area contributed by atoms with E-state index in [9.17, 15) is 4.79 Å². The van der Waals surface area contributed by atoms with Crippen molar-refractivity contribution in [2.75, 3.05) is 23.8 Å². The summed E-state index contributed by atoms with van der Waals surface area (Å²) >= 11 is 6.51. The van der Waals surface area contributed by atoms with Crippen molar-refractivity contribution in [3.63, 3.8) is 0 Å². The second-order valence-electron chi connectivity index (χ2n) is 8.50. The fourth-order valence-corrected chi connectivity index (χ4v) is 4.25. The second-order valence-corrected chi connectivity index (χ2v) is 8.91. The molecule has 0 aliphatic rings. The summed E-state index contributed by atoms with van der Waals surface area (Å²) in [5, 5.41) is 16.4. The van der Waals surface area contributed by atoms with Crippen LogP contribution in [-0.4, -0.2) is 44.2 Å². The summed E-state index contributed by atoms with van der Waals surface area (Å²) in [6.45, 7) is 3.73. The summed E-state index contributed by atoms with van der Waals surface area (Å²) in [5.74, 6) is 1.12. The first kappa shape index (κ1) is 26.7. The van der Waals surface area contributed by atoms with Crippen molar-refractivity contribution < 1.29 is 19.4 Å². The van der Waals surface area contributed by atoms with Gasteiger partial charge in [-0.05, 0) is 54.1 Å². The van der Waals surface area contributed by atoms with Gasteiger partial charge in [0, 0.05) is 23.6 Å². The Hall–Kier alpha value is -4.93. The zero-order chi connectivity index (χ0) is 27.9. The zero-order valence-corrected chi connectivity index (χ0v) is 22.0. The number of aliphatic hydroxyl groups is 1.